The summed E-state index contributed by atoms with van der Waals surface area (Å²) < 4.78 is 38.4. The summed E-state index contributed by atoms with van der Waals surface area (Å²) in [6.45, 7) is 1.17. The van der Waals surface area contributed by atoms with Crippen molar-refractivity contribution >= 4 is 10.0 Å². The first-order chi connectivity index (χ1) is 8.03. The Balaban J connectivity index is 2.46. The van der Waals surface area contributed by atoms with E-state index in [2.05, 4.69) is 10.0 Å². The zero-order valence-electron chi connectivity index (χ0n) is 9.74. The van der Waals surface area contributed by atoms with Crippen LogP contribution in [0.1, 0.15) is 12.0 Å². The molecule has 0 fully saturated rings. The van der Waals surface area contributed by atoms with Crippen LogP contribution in [0.3, 0.4) is 0 Å². The highest BCUT2D eigenvalue weighted by atomic mass is 32.2. The number of halogens is 1. The van der Waals surface area contributed by atoms with Gasteiger partial charge in [-0.3, -0.25) is 0 Å². The maximum atomic E-state index is 12.6. The first-order valence-corrected chi connectivity index (χ1v) is 7.05. The van der Waals surface area contributed by atoms with Gasteiger partial charge in [-0.2, -0.15) is 0 Å². The van der Waals surface area contributed by atoms with Gasteiger partial charge < -0.3 is 5.32 Å². The highest BCUT2D eigenvalue weighted by molar-refractivity contribution is 7.88. The molecular weight excluding hydrogens is 243 g/mol. The van der Waals surface area contributed by atoms with Gasteiger partial charge in [-0.1, -0.05) is 12.1 Å². The Morgan fingerprint density at radius 3 is 2.41 bits per heavy atom. The predicted molar refractivity (Wildman–Crippen MR) is 65.6 cm³/mol. The van der Waals surface area contributed by atoms with Gasteiger partial charge >= 0.3 is 0 Å². The smallest absolute Gasteiger partial charge is 0.215 e. The van der Waals surface area contributed by atoms with E-state index in [4.69, 9.17) is 0 Å². The quantitative estimate of drug-likeness (QED) is 0.715. The Morgan fingerprint density at radius 1 is 1.18 bits per heavy atom. The van der Waals surface area contributed by atoms with Crippen LogP contribution < -0.4 is 10.0 Å². The molecule has 17 heavy (non-hydrogen) atoms. The molecule has 1 aromatic rings. The van der Waals surface area contributed by atoms with Crippen molar-refractivity contribution in [2.24, 2.45) is 0 Å². The maximum absolute atomic E-state index is 12.6. The molecule has 0 aliphatic rings. The minimum atomic E-state index is -3.33. The molecule has 0 aromatic heterocycles. The van der Waals surface area contributed by atoms with Crippen molar-refractivity contribution in [1.29, 1.82) is 0 Å². The number of nitrogens with one attached hydrogen (secondary N) is 2. The molecular formula is C11H17FN2O2S. The van der Waals surface area contributed by atoms with Crippen molar-refractivity contribution in [3.05, 3.63) is 35.6 Å². The normalized spacial score (nSPS) is 11.6. The van der Waals surface area contributed by atoms with Crippen LogP contribution in [0.4, 0.5) is 4.39 Å². The standard InChI is InChI=1S/C11H17FN2O2S/c1-13-7-2-8-14-17(15,16)9-10-3-5-11(12)6-4-10/h3-6,13-14H,2,7-9H2,1H3. The van der Waals surface area contributed by atoms with Crippen molar-refractivity contribution in [1.82, 2.24) is 10.0 Å². The van der Waals surface area contributed by atoms with Crippen molar-refractivity contribution in [2.75, 3.05) is 20.1 Å². The molecule has 0 amide bonds. The fourth-order valence-electron chi connectivity index (χ4n) is 1.34. The van der Waals surface area contributed by atoms with Crippen LogP contribution in [0, 0.1) is 5.82 Å². The van der Waals surface area contributed by atoms with E-state index in [-0.39, 0.29) is 11.6 Å². The molecule has 0 unspecified atom stereocenters. The van der Waals surface area contributed by atoms with Crippen molar-refractivity contribution < 1.29 is 12.8 Å². The molecule has 0 saturated heterocycles. The van der Waals surface area contributed by atoms with Crippen LogP contribution in [-0.2, 0) is 15.8 Å². The van der Waals surface area contributed by atoms with Gasteiger partial charge in [-0.15, -0.1) is 0 Å². The minimum Gasteiger partial charge on any atom is -0.320 e. The molecule has 0 radical (unpaired) electrons. The van der Waals surface area contributed by atoms with Crippen LogP contribution in [0.2, 0.25) is 0 Å². The fourth-order valence-corrected chi connectivity index (χ4v) is 2.53. The molecule has 1 aromatic carbocycles. The van der Waals surface area contributed by atoms with Gasteiger partial charge in [0.2, 0.25) is 10.0 Å². The Hall–Kier alpha value is -0.980. The lowest BCUT2D eigenvalue weighted by molar-refractivity contribution is 0.576. The van der Waals surface area contributed by atoms with Crippen LogP contribution in [-0.4, -0.2) is 28.6 Å². The lowest BCUT2D eigenvalue weighted by Crippen LogP contribution is -2.27. The third kappa shape index (κ3) is 5.76. The SMILES string of the molecule is CNCCCNS(=O)(=O)Cc1ccc(F)cc1. The second-order valence-electron chi connectivity index (χ2n) is 3.74. The first kappa shape index (κ1) is 14.1. The van der Waals surface area contributed by atoms with Gasteiger partial charge in [0.05, 0.1) is 5.75 Å². The summed E-state index contributed by atoms with van der Waals surface area (Å²) >= 11 is 0. The van der Waals surface area contributed by atoms with Crippen LogP contribution in [0.25, 0.3) is 0 Å². The Labute approximate surface area is 101 Å². The Morgan fingerprint density at radius 2 is 1.82 bits per heavy atom. The van der Waals surface area contributed by atoms with Gasteiger partial charge in [0.25, 0.3) is 0 Å². The topological polar surface area (TPSA) is 58.2 Å². The van der Waals surface area contributed by atoms with Crippen LogP contribution >= 0.6 is 0 Å². The molecule has 0 atom stereocenters. The number of benzene rings is 1. The molecule has 4 nitrogen and oxygen atoms in total. The van der Waals surface area contributed by atoms with Crippen molar-refractivity contribution in [3.8, 4) is 0 Å². The molecule has 0 aliphatic carbocycles. The zero-order chi connectivity index (χ0) is 12.7. The Bertz CT molecular complexity index is 431. The van der Waals surface area contributed by atoms with E-state index in [0.29, 0.717) is 12.1 Å². The van der Waals surface area contributed by atoms with E-state index in [0.717, 1.165) is 13.0 Å². The molecule has 0 aliphatic heterocycles. The first-order valence-electron chi connectivity index (χ1n) is 5.40. The third-order valence-electron chi connectivity index (χ3n) is 2.20. The van der Waals surface area contributed by atoms with Gasteiger partial charge in [-0.25, -0.2) is 17.5 Å². The van der Waals surface area contributed by atoms with E-state index < -0.39 is 10.0 Å². The van der Waals surface area contributed by atoms with Crippen LogP contribution in [0.5, 0.6) is 0 Å². The van der Waals surface area contributed by atoms with E-state index in [1.54, 1.807) is 0 Å². The lowest BCUT2D eigenvalue weighted by Gasteiger charge is -2.06. The van der Waals surface area contributed by atoms with E-state index in [1.165, 1.54) is 24.3 Å². The molecule has 0 heterocycles. The van der Waals surface area contributed by atoms with Gasteiger partial charge in [0.1, 0.15) is 5.82 Å². The number of sulfonamides is 1. The summed E-state index contributed by atoms with van der Waals surface area (Å²) in [4.78, 5) is 0. The third-order valence-corrected chi connectivity index (χ3v) is 3.55. The summed E-state index contributed by atoms with van der Waals surface area (Å²) in [6.07, 6.45) is 0.735. The molecule has 0 saturated carbocycles. The summed E-state index contributed by atoms with van der Waals surface area (Å²) in [5.41, 5.74) is 0.576. The largest absolute Gasteiger partial charge is 0.320 e. The highest BCUT2D eigenvalue weighted by Crippen LogP contribution is 2.06. The molecule has 1 rings (SSSR count). The fraction of sp³-hybridized carbons (Fsp3) is 0.455. The van der Waals surface area contributed by atoms with E-state index in [9.17, 15) is 12.8 Å². The summed E-state index contributed by atoms with van der Waals surface area (Å²) in [5.74, 6) is -0.486. The van der Waals surface area contributed by atoms with Crippen molar-refractivity contribution in [2.45, 2.75) is 12.2 Å². The van der Waals surface area contributed by atoms with Crippen molar-refractivity contribution in [3.63, 3.8) is 0 Å². The van der Waals surface area contributed by atoms with Gasteiger partial charge in [0.15, 0.2) is 0 Å². The Kier molecular flexibility index (Phi) is 5.54. The number of rotatable bonds is 7. The maximum Gasteiger partial charge on any atom is 0.215 e. The summed E-state index contributed by atoms with van der Waals surface area (Å²) in [5, 5.41) is 2.93. The average Bonchev–Trinajstić information content (AvgIpc) is 2.27. The number of hydrogen-bond acceptors (Lipinski definition) is 3. The van der Waals surface area contributed by atoms with E-state index in [1.807, 2.05) is 7.05 Å². The summed E-state index contributed by atoms with van der Waals surface area (Å²) in [7, 11) is -1.52. The second-order valence-corrected chi connectivity index (χ2v) is 5.54. The lowest BCUT2D eigenvalue weighted by atomic mass is 10.2. The van der Waals surface area contributed by atoms with Crippen LogP contribution in [0.15, 0.2) is 24.3 Å². The van der Waals surface area contributed by atoms with Gasteiger partial charge in [-0.05, 0) is 37.7 Å². The highest BCUT2D eigenvalue weighted by Gasteiger charge is 2.10. The molecule has 96 valence electrons. The second kappa shape index (κ2) is 6.68. The molecule has 0 bridgehead atoms. The summed E-state index contributed by atoms with van der Waals surface area (Å²) in [6, 6.07) is 5.46. The number of hydrogen-bond donors (Lipinski definition) is 2. The minimum absolute atomic E-state index is 0.118. The average molecular weight is 260 g/mol. The molecule has 0 spiro atoms. The monoisotopic (exact) mass is 260 g/mol. The van der Waals surface area contributed by atoms with Gasteiger partial charge in [0, 0.05) is 6.54 Å². The molecule has 6 heteroatoms. The zero-order valence-corrected chi connectivity index (χ0v) is 10.6. The molecule has 2 N–H and O–H groups in total. The van der Waals surface area contributed by atoms with E-state index >= 15 is 0 Å². The predicted octanol–water partition coefficient (Wildman–Crippen LogP) is 0.855.